The van der Waals surface area contributed by atoms with Gasteiger partial charge in [-0.1, -0.05) is 43.9 Å². The smallest absolute Gasteiger partial charge is 0.141 e. The second kappa shape index (κ2) is 7.25. The minimum Gasteiger partial charge on any atom is -0.312 e. The first-order valence-electron chi connectivity index (χ1n) is 7.33. The highest BCUT2D eigenvalue weighted by Crippen LogP contribution is 2.30. The van der Waals surface area contributed by atoms with Crippen molar-refractivity contribution >= 4 is 11.6 Å². The summed E-state index contributed by atoms with van der Waals surface area (Å²) >= 11 is 5.77. The van der Waals surface area contributed by atoms with Crippen molar-refractivity contribution in [2.24, 2.45) is 11.8 Å². The molecule has 1 aliphatic carbocycles. The molecular weight excluding hydrogens is 261 g/mol. The quantitative estimate of drug-likeness (QED) is 0.820. The predicted molar refractivity (Wildman–Crippen MR) is 78.9 cm³/mol. The Kier molecular flexibility index (Phi) is 5.65. The van der Waals surface area contributed by atoms with Crippen LogP contribution in [0.15, 0.2) is 18.2 Å². The SMILES string of the molecule is CCC1CCC(CNCc2ccc(F)c(Cl)c2)CC1. The van der Waals surface area contributed by atoms with Crippen molar-refractivity contribution in [3.8, 4) is 0 Å². The fourth-order valence-corrected chi connectivity index (χ4v) is 3.12. The van der Waals surface area contributed by atoms with Gasteiger partial charge >= 0.3 is 0 Å². The molecule has 0 aliphatic heterocycles. The van der Waals surface area contributed by atoms with Crippen LogP contribution in [0.2, 0.25) is 5.02 Å². The van der Waals surface area contributed by atoms with E-state index >= 15 is 0 Å². The molecule has 1 aromatic rings. The highest BCUT2D eigenvalue weighted by Gasteiger charge is 2.19. The molecule has 1 fully saturated rings. The van der Waals surface area contributed by atoms with Gasteiger partial charge < -0.3 is 5.32 Å². The third-order valence-electron chi connectivity index (χ3n) is 4.29. The number of halogens is 2. The summed E-state index contributed by atoms with van der Waals surface area (Å²) in [5, 5.41) is 3.68. The molecule has 0 aromatic heterocycles. The first kappa shape index (κ1) is 14.8. The van der Waals surface area contributed by atoms with E-state index in [1.807, 2.05) is 0 Å². The van der Waals surface area contributed by atoms with E-state index in [0.29, 0.717) is 0 Å². The number of rotatable bonds is 5. The summed E-state index contributed by atoms with van der Waals surface area (Å²) in [6, 6.07) is 4.94. The molecular formula is C16H23ClFN. The van der Waals surface area contributed by atoms with Gasteiger partial charge in [-0.05, 0) is 48.9 Å². The maximum atomic E-state index is 13.0. The van der Waals surface area contributed by atoms with E-state index in [1.165, 1.54) is 38.2 Å². The normalized spacial score (nSPS) is 23.5. The van der Waals surface area contributed by atoms with E-state index in [-0.39, 0.29) is 10.8 Å². The van der Waals surface area contributed by atoms with Crippen LogP contribution >= 0.6 is 11.6 Å². The molecule has 0 bridgehead atoms. The van der Waals surface area contributed by atoms with Crippen LogP contribution in [0.3, 0.4) is 0 Å². The summed E-state index contributed by atoms with van der Waals surface area (Å²) < 4.78 is 13.0. The van der Waals surface area contributed by atoms with E-state index in [4.69, 9.17) is 11.6 Å². The van der Waals surface area contributed by atoms with Gasteiger partial charge in [-0.2, -0.15) is 0 Å². The van der Waals surface area contributed by atoms with Crippen LogP contribution in [0, 0.1) is 17.7 Å². The summed E-state index contributed by atoms with van der Waals surface area (Å²) in [4.78, 5) is 0. The van der Waals surface area contributed by atoms with Crippen LogP contribution < -0.4 is 5.32 Å². The first-order valence-corrected chi connectivity index (χ1v) is 7.71. The Hall–Kier alpha value is -0.600. The number of hydrogen-bond donors (Lipinski definition) is 1. The average Bonchev–Trinajstić information content (AvgIpc) is 2.43. The van der Waals surface area contributed by atoms with Gasteiger partial charge in [0.15, 0.2) is 0 Å². The first-order chi connectivity index (χ1) is 9.19. The highest BCUT2D eigenvalue weighted by molar-refractivity contribution is 6.30. The predicted octanol–water partition coefficient (Wildman–Crippen LogP) is 4.79. The molecule has 0 spiro atoms. The lowest BCUT2D eigenvalue weighted by atomic mass is 9.81. The van der Waals surface area contributed by atoms with Gasteiger partial charge in [0.25, 0.3) is 0 Å². The Balaban J connectivity index is 1.70. The maximum Gasteiger partial charge on any atom is 0.141 e. The zero-order valence-electron chi connectivity index (χ0n) is 11.6. The third kappa shape index (κ3) is 4.47. The van der Waals surface area contributed by atoms with Gasteiger partial charge in [0.05, 0.1) is 5.02 Å². The van der Waals surface area contributed by atoms with E-state index in [0.717, 1.165) is 30.5 Å². The largest absolute Gasteiger partial charge is 0.312 e. The van der Waals surface area contributed by atoms with Crippen LogP contribution in [0.5, 0.6) is 0 Å². The van der Waals surface area contributed by atoms with Crippen molar-refractivity contribution in [1.29, 1.82) is 0 Å². The Labute approximate surface area is 120 Å². The molecule has 1 N–H and O–H groups in total. The van der Waals surface area contributed by atoms with Crippen molar-refractivity contribution in [3.05, 3.63) is 34.6 Å². The summed E-state index contributed by atoms with van der Waals surface area (Å²) in [5.74, 6) is 1.41. The van der Waals surface area contributed by atoms with Crippen LogP contribution in [0.25, 0.3) is 0 Å². The lowest BCUT2D eigenvalue weighted by Crippen LogP contribution is -2.26. The lowest BCUT2D eigenvalue weighted by molar-refractivity contribution is 0.262. The molecule has 1 aromatic carbocycles. The molecule has 3 heteroatoms. The van der Waals surface area contributed by atoms with Gasteiger partial charge in [-0.15, -0.1) is 0 Å². The number of nitrogens with one attached hydrogen (secondary N) is 1. The van der Waals surface area contributed by atoms with E-state index in [2.05, 4.69) is 12.2 Å². The van der Waals surface area contributed by atoms with Gasteiger partial charge in [-0.25, -0.2) is 4.39 Å². The summed E-state index contributed by atoms with van der Waals surface area (Å²) in [6.45, 7) is 4.13. The Bertz CT molecular complexity index is 400. The molecule has 106 valence electrons. The third-order valence-corrected chi connectivity index (χ3v) is 4.58. The summed E-state index contributed by atoms with van der Waals surface area (Å²) in [7, 11) is 0. The van der Waals surface area contributed by atoms with Gasteiger partial charge in [0.1, 0.15) is 5.82 Å². The molecule has 1 nitrogen and oxygen atoms in total. The minimum absolute atomic E-state index is 0.211. The van der Waals surface area contributed by atoms with Crippen LogP contribution in [-0.4, -0.2) is 6.54 Å². The molecule has 19 heavy (non-hydrogen) atoms. The molecule has 1 saturated carbocycles. The standard InChI is InChI=1S/C16H23ClFN/c1-2-12-3-5-13(6-4-12)10-19-11-14-7-8-16(18)15(17)9-14/h7-9,12-13,19H,2-6,10-11H2,1H3. The molecule has 0 atom stereocenters. The summed E-state index contributed by atoms with van der Waals surface area (Å²) in [5.41, 5.74) is 1.05. The fraction of sp³-hybridized carbons (Fsp3) is 0.625. The molecule has 0 saturated heterocycles. The topological polar surface area (TPSA) is 12.0 Å². The lowest BCUT2D eigenvalue weighted by Gasteiger charge is -2.27. The van der Waals surface area contributed by atoms with Crippen molar-refractivity contribution < 1.29 is 4.39 Å². The van der Waals surface area contributed by atoms with Gasteiger partial charge in [0, 0.05) is 6.54 Å². The summed E-state index contributed by atoms with van der Waals surface area (Å²) in [6.07, 6.45) is 6.77. The zero-order chi connectivity index (χ0) is 13.7. The van der Waals surface area contributed by atoms with Gasteiger partial charge in [0.2, 0.25) is 0 Å². The number of benzene rings is 1. The van der Waals surface area contributed by atoms with Crippen molar-refractivity contribution in [1.82, 2.24) is 5.32 Å². The molecule has 0 amide bonds. The van der Waals surface area contributed by atoms with Gasteiger partial charge in [-0.3, -0.25) is 0 Å². The minimum atomic E-state index is -0.344. The Morgan fingerprint density at radius 2 is 1.89 bits per heavy atom. The monoisotopic (exact) mass is 283 g/mol. The fourth-order valence-electron chi connectivity index (χ4n) is 2.91. The number of hydrogen-bond acceptors (Lipinski definition) is 1. The molecule has 0 radical (unpaired) electrons. The Morgan fingerprint density at radius 3 is 2.53 bits per heavy atom. The second-order valence-electron chi connectivity index (χ2n) is 5.67. The van der Waals surface area contributed by atoms with E-state index < -0.39 is 0 Å². The van der Waals surface area contributed by atoms with Crippen LogP contribution in [0.4, 0.5) is 4.39 Å². The van der Waals surface area contributed by atoms with Crippen LogP contribution in [-0.2, 0) is 6.54 Å². The maximum absolute atomic E-state index is 13.0. The van der Waals surface area contributed by atoms with E-state index in [9.17, 15) is 4.39 Å². The second-order valence-corrected chi connectivity index (χ2v) is 6.08. The average molecular weight is 284 g/mol. The molecule has 0 unspecified atom stereocenters. The zero-order valence-corrected chi connectivity index (χ0v) is 12.3. The molecule has 0 heterocycles. The highest BCUT2D eigenvalue weighted by atomic mass is 35.5. The Morgan fingerprint density at radius 1 is 1.21 bits per heavy atom. The molecule has 1 aliphatic rings. The molecule has 2 rings (SSSR count). The van der Waals surface area contributed by atoms with Crippen LogP contribution in [0.1, 0.15) is 44.6 Å². The van der Waals surface area contributed by atoms with Crippen molar-refractivity contribution in [3.63, 3.8) is 0 Å². The van der Waals surface area contributed by atoms with E-state index in [1.54, 1.807) is 12.1 Å². The van der Waals surface area contributed by atoms with Crippen molar-refractivity contribution in [2.75, 3.05) is 6.54 Å². The van der Waals surface area contributed by atoms with Crippen molar-refractivity contribution in [2.45, 2.75) is 45.6 Å².